The average Bonchev–Trinajstić information content (AvgIpc) is 3.55. The molecular formula is C25H31N9O14S2. The summed E-state index contributed by atoms with van der Waals surface area (Å²) in [4.78, 5) is 46.9. The monoisotopic (exact) mass is 745 g/mol. The molecule has 2 aliphatic heterocycles. The molecule has 4 heterocycles. The molecule has 272 valence electrons. The van der Waals surface area contributed by atoms with E-state index in [2.05, 4.69) is 19.7 Å². The molecule has 2 aromatic heterocycles. The average molecular weight is 746 g/mol. The Morgan fingerprint density at radius 2 is 2.00 bits per heavy atom. The van der Waals surface area contributed by atoms with Gasteiger partial charge in [-0.1, -0.05) is 10.2 Å². The maximum Gasteiger partial charge on any atom is 0.351 e. The Kier molecular flexibility index (Phi) is 9.51. The number of fused-ring (bicyclic) bond motifs is 1. The van der Waals surface area contributed by atoms with Gasteiger partial charge in [-0.3, -0.25) is 9.59 Å². The minimum Gasteiger partial charge on any atom is -0.724 e. The number of carboxylic acid groups (broad SMARTS) is 1. The summed E-state index contributed by atoms with van der Waals surface area (Å²) in [5.41, 5.74) is 2.71. The van der Waals surface area contributed by atoms with Gasteiger partial charge in [0.05, 0.1) is 30.2 Å². The molecular weight excluding hydrogens is 714 g/mol. The third kappa shape index (κ3) is 7.60. The predicted octanol–water partition coefficient (Wildman–Crippen LogP) is -2.69. The van der Waals surface area contributed by atoms with Crippen LogP contribution in [0.4, 0.5) is 5.13 Å². The van der Waals surface area contributed by atoms with Gasteiger partial charge in [0.2, 0.25) is 15.9 Å². The minimum atomic E-state index is -5.30. The largest absolute Gasteiger partial charge is 0.724 e. The number of hydrogen-bond donors (Lipinski definition) is 6. The van der Waals surface area contributed by atoms with E-state index in [-0.39, 0.29) is 41.3 Å². The third-order valence-electron chi connectivity index (χ3n) is 7.85. The number of rotatable bonds is 14. The number of carboxylic acids is 1. The lowest BCUT2D eigenvalue weighted by Gasteiger charge is -2.51. The smallest absolute Gasteiger partial charge is 0.351 e. The van der Waals surface area contributed by atoms with E-state index in [4.69, 9.17) is 25.7 Å². The van der Waals surface area contributed by atoms with Crippen LogP contribution in [0, 0.1) is 5.21 Å². The number of quaternary nitrogens is 1. The fourth-order valence-corrected chi connectivity index (χ4v) is 6.22. The van der Waals surface area contributed by atoms with Crippen molar-refractivity contribution >= 4 is 61.3 Å². The van der Waals surface area contributed by atoms with Crippen LogP contribution in [0.5, 0.6) is 5.75 Å². The lowest BCUT2D eigenvalue weighted by atomic mass is 9.84. The summed E-state index contributed by atoms with van der Waals surface area (Å²) >= 11 is 0.916. The summed E-state index contributed by atoms with van der Waals surface area (Å²) in [7, 11) is -3.60. The molecule has 23 nitrogen and oxygen atoms in total. The summed E-state index contributed by atoms with van der Waals surface area (Å²) in [6, 6.07) is 3.37. The number of hydrogen-bond acceptors (Lipinski definition) is 18. The maximum atomic E-state index is 13.2. The Bertz CT molecular complexity index is 1970. The first-order valence-corrected chi connectivity index (χ1v) is 16.4. The molecule has 0 radical (unpaired) electrons. The van der Waals surface area contributed by atoms with Crippen LogP contribution in [0.25, 0.3) is 10.9 Å². The van der Waals surface area contributed by atoms with E-state index >= 15 is 0 Å². The molecule has 7 N–H and O–H groups in total. The van der Waals surface area contributed by atoms with Crippen LogP contribution in [0.15, 0.2) is 34.9 Å². The Labute approximate surface area is 285 Å². The first-order chi connectivity index (χ1) is 23.1. The molecule has 2 fully saturated rings. The second kappa shape index (κ2) is 13.0. The van der Waals surface area contributed by atoms with Crippen molar-refractivity contribution in [3.05, 3.63) is 40.7 Å². The van der Waals surface area contributed by atoms with E-state index in [1.54, 1.807) is 34.7 Å². The second-order valence-electron chi connectivity index (χ2n) is 12.0. The first-order valence-electron chi connectivity index (χ1n) is 14.2. The number of aryl methyl sites for hydroxylation is 1. The van der Waals surface area contributed by atoms with Crippen LogP contribution in [0.1, 0.15) is 19.5 Å². The number of β-amino-alcohol motifs (C(OH)–C–C–N with tert-alkyl or cyclic N) is 1. The zero-order valence-electron chi connectivity index (χ0n) is 26.3. The number of β-lactam (4-membered cyclic amide) rings is 1. The molecule has 5 rings (SSSR count). The third-order valence-corrected chi connectivity index (χ3v) is 8.85. The fraction of sp³-hybridized carbons (Fsp3) is 0.440. The summed E-state index contributed by atoms with van der Waals surface area (Å²) in [6.07, 6.45) is -0.127. The SMILES string of the molecule is C[n+]1c2ccc(OC[C@H](O/N=C(\C(=O)N[C@@H]3C(=O)N(OS(=O)(=O)[O-])C3(C)C)c3csc(N)n3)C(=O)O)cc2cn1CC1(O)CN([N+]([O-])(O)O)C1. The lowest BCUT2D eigenvalue weighted by Crippen LogP contribution is -2.76. The summed E-state index contributed by atoms with van der Waals surface area (Å²) in [5.74, 6) is -3.47. The van der Waals surface area contributed by atoms with Gasteiger partial charge in [-0.05, 0) is 26.0 Å². The quantitative estimate of drug-likeness (QED) is 0.0186. The highest BCUT2D eigenvalue weighted by Gasteiger charge is 2.57. The molecule has 1 aromatic carbocycles. The highest BCUT2D eigenvalue weighted by atomic mass is 32.3. The van der Waals surface area contributed by atoms with E-state index in [9.17, 15) is 42.8 Å². The van der Waals surface area contributed by atoms with Crippen LogP contribution < -0.4 is 20.5 Å². The zero-order valence-corrected chi connectivity index (χ0v) is 27.9. The van der Waals surface area contributed by atoms with Gasteiger partial charge in [0.25, 0.3) is 17.9 Å². The number of nitrogens with one attached hydrogen (secondary N) is 1. The van der Waals surface area contributed by atoms with Crippen LogP contribution >= 0.6 is 11.3 Å². The van der Waals surface area contributed by atoms with E-state index < -0.39 is 68.9 Å². The van der Waals surface area contributed by atoms with E-state index in [1.807, 2.05) is 0 Å². The molecule has 2 atom stereocenters. The van der Waals surface area contributed by atoms with E-state index in [0.29, 0.717) is 15.9 Å². The molecule has 0 saturated carbocycles. The van der Waals surface area contributed by atoms with Crippen LogP contribution in [0.2, 0.25) is 0 Å². The number of nitrogens with two attached hydrogens (primary N) is 1. The molecule has 0 spiro atoms. The zero-order chi connectivity index (χ0) is 37.0. The van der Waals surface area contributed by atoms with Gasteiger partial charge < -0.3 is 40.6 Å². The van der Waals surface area contributed by atoms with Gasteiger partial charge >= 0.3 is 5.97 Å². The lowest BCUT2D eigenvalue weighted by molar-refractivity contribution is -1.29. The summed E-state index contributed by atoms with van der Waals surface area (Å²) < 4.78 is 46.1. The fourth-order valence-electron chi connectivity index (χ4n) is 5.23. The first kappa shape index (κ1) is 36.7. The van der Waals surface area contributed by atoms with Gasteiger partial charge in [0, 0.05) is 16.5 Å². The van der Waals surface area contributed by atoms with Crippen LogP contribution in [0.3, 0.4) is 0 Å². The number of nitrogens with zero attached hydrogens (tertiary/aromatic N) is 7. The topological polar surface area (TPSA) is 319 Å². The van der Waals surface area contributed by atoms with Crippen molar-refractivity contribution in [1.29, 1.82) is 0 Å². The van der Waals surface area contributed by atoms with Gasteiger partial charge in [0.1, 0.15) is 36.2 Å². The number of nitrogen functional groups attached to an aromatic ring is 1. The number of amides is 2. The molecule has 0 bridgehead atoms. The Morgan fingerprint density at radius 3 is 2.56 bits per heavy atom. The number of carbonyl (C=O) groups is 3. The number of hydroxylamine groups is 2. The van der Waals surface area contributed by atoms with Crippen LogP contribution in [-0.2, 0) is 47.5 Å². The maximum absolute atomic E-state index is 13.2. The Balaban J connectivity index is 1.27. The molecule has 0 aliphatic carbocycles. The summed E-state index contributed by atoms with van der Waals surface area (Å²) in [5, 5.41) is 56.2. The molecule has 2 aliphatic rings. The Morgan fingerprint density at radius 1 is 1.32 bits per heavy atom. The normalized spacial score (nSPS) is 19.8. The molecule has 50 heavy (non-hydrogen) atoms. The number of aliphatic hydroxyl groups is 1. The molecule has 3 aromatic rings. The number of aromatic nitrogens is 3. The molecule has 2 amide bonds. The van der Waals surface area contributed by atoms with Crippen molar-refractivity contribution in [2.75, 3.05) is 25.4 Å². The number of aliphatic carboxylic acids is 1. The predicted molar refractivity (Wildman–Crippen MR) is 162 cm³/mol. The summed E-state index contributed by atoms with van der Waals surface area (Å²) in [6.45, 7) is 1.40. The molecule has 25 heteroatoms. The number of oxime groups is 1. The van der Waals surface area contributed by atoms with Crippen molar-refractivity contribution in [3.8, 4) is 5.75 Å². The number of anilines is 1. The van der Waals surface area contributed by atoms with Crippen molar-refractivity contribution < 1.29 is 71.6 Å². The van der Waals surface area contributed by atoms with Crippen molar-refractivity contribution in [2.24, 2.45) is 12.2 Å². The van der Waals surface area contributed by atoms with E-state index in [1.165, 1.54) is 25.3 Å². The van der Waals surface area contributed by atoms with Crippen molar-refractivity contribution in [1.82, 2.24) is 25.1 Å². The second-order valence-corrected chi connectivity index (χ2v) is 13.8. The minimum absolute atomic E-state index is 0.00115. The van der Waals surface area contributed by atoms with Crippen molar-refractivity contribution in [3.63, 3.8) is 0 Å². The highest BCUT2D eigenvalue weighted by molar-refractivity contribution is 7.80. The Hall–Kier alpha value is -4.57. The molecule has 0 unspecified atom stereocenters. The van der Waals surface area contributed by atoms with Gasteiger partial charge in [-0.15, -0.1) is 16.0 Å². The number of ether oxygens (including phenoxy) is 1. The van der Waals surface area contributed by atoms with Gasteiger partial charge in [-0.2, -0.15) is 24.4 Å². The standard InChI is InChI=1S/C25H31N9O14S2/c1-24(2)19(21(36)33(24)48-50(43,44)45)28-20(35)18(15-9-49-23(26)27-15)29-47-17(22(37)38)8-46-14-4-5-16-13(6-14)7-31(30(16)3)10-25(39)11-32(12-25)34(40,41)42/h4-7,9,17,19,39-41H,8,10-12H2,1-3H3,(H4-,26,27,28,35,37,38,43,44,45)/b29-18-/t17-,19+/m0/s1. The van der Waals surface area contributed by atoms with Crippen molar-refractivity contribution in [2.45, 2.75) is 43.7 Å². The number of carbonyl (C=O) groups excluding carboxylic acids is 2. The van der Waals surface area contributed by atoms with E-state index in [0.717, 1.165) is 11.3 Å². The van der Waals surface area contributed by atoms with Gasteiger partial charge in [0.15, 0.2) is 17.9 Å². The van der Waals surface area contributed by atoms with Gasteiger partial charge in [-0.25, -0.2) is 18.2 Å². The highest BCUT2D eigenvalue weighted by Crippen LogP contribution is 2.33. The molecule has 2 saturated heterocycles. The number of thiazole rings is 1. The number of benzene rings is 1. The van der Waals surface area contributed by atoms with Crippen LogP contribution in [-0.4, -0.2) is 125 Å².